The minimum atomic E-state index is -0.851. The molecule has 4 aromatic rings. The lowest BCUT2D eigenvalue weighted by Crippen LogP contribution is -2.05. The summed E-state index contributed by atoms with van der Waals surface area (Å²) in [4.78, 5) is 16.4. The smallest absolute Gasteiger partial charge is 0.159 e. The molecule has 0 radical (unpaired) electrons. The number of carbonyl (C=O) groups is 1. The number of hydrogen-bond acceptors (Lipinski definition) is 4. The number of nitrogens with one attached hydrogen (secondary N) is 2. The topological polar surface area (TPSA) is 58.4 Å². The maximum Gasteiger partial charge on any atom is 0.159 e. The van der Waals surface area contributed by atoms with Crippen molar-refractivity contribution in [1.82, 2.24) is 9.38 Å². The van der Waals surface area contributed by atoms with Crippen LogP contribution in [0.2, 0.25) is 0 Å². The van der Waals surface area contributed by atoms with Gasteiger partial charge in [0.15, 0.2) is 11.6 Å². The first kappa shape index (κ1) is 31.1. The predicted molar refractivity (Wildman–Crippen MR) is 170 cm³/mol. The van der Waals surface area contributed by atoms with E-state index in [4.69, 9.17) is 0 Å². The second-order valence-corrected chi connectivity index (χ2v) is 10.3. The highest BCUT2D eigenvalue weighted by Crippen LogP contribution is 2.34. The average molecular weight is 585 g/mol. The highest BCUT2D eigenvalue weighted by atomic mass is 19.1. The number of rotatable bonds is 11. The molecule has 0 aliphatic carbocycles. The number of ketones is 1. The Morgan fingerprint density at radius 1 is 1.07 bits per heavy atom. The number of benzene rings is 2. The zero-order chi connectivity index (χ0) is 31.4. The van der Waals surface area contributed by atoms with Crippen molar-refractivity contribution in [3.63, 3.8) is 0 Å². The van der Waals surface area contributed by atoms with Crippen molar-refractivity contribution < 1.29 is 18.0 Å². The summed E-state index contributed by atoms with van der Waals surface area (Å²) in [6.45, 7) is 16.8. The van der Waals surface area contributed by atoms with E-state index in [1.54, 1.807) is 35.9 Å². The van der Waals surface area contributed by atoms with Gasteiger partial charge in [0, 0.05) is 40.6 Å². The Kier molecular flexibility index (Phi) is 9.39. The van der Waals surface area contributed by atoms with E-state index in [1.165, 1.54) is 19.1 Å². The summed E-state index contributed by atoms with van der Waals surface area (Å²) in [5, 5.41) is 6.25. The maximum atomic E-state index is 15.9. The molecule has 0 aliphatic heterocycles. The number of halogens is 3. The molecule has 2 heterocycles. The van der Waals surface area contributed by atoms with Crippen LogP contribution in [0.15, 0.2) is 91.3 Å². The molecule has 2 aromatic heterocycles. The summed E-state index contributed by atoms with van der Waals surface area (Å²) in [6.07, 6.45) is 8.56. The van der Waals surface area contributed by atoms with Gasteiger partial charge in [0.1, 0.15) is 11.6 Å². The van der Waals surface area contributed by atoms with Crippen LogP contribution in [0.4, 0.5) is 24.5 Å². The third-order valence-corrected chi connectivity index (χ3v) is 7.43. The first-order valence-corrected chi connectivity index (χ1v) is 14.0. The van der Waals surface area contributed by atoms with Gasteiger partial charge in [0.25, 0.3) is 0 Å². The number of carbonyl (C=O) groups excluding carboxylic acids is 1. The van der Waals surface area contributed by atoms with Gasteiger partial charge in [-0.2, -0.15) is 0 Å². The molecule has 5 nitrogen and oxygen atoms in total. The van der Waals surface area contributed by atoms with Crippen molar-refractivity contribution in [2.45, 2.75) is 47.5 Å². The molecule has 0 spiro atoms. The zero-order valence-corrected chi connectivity index (χ0v) is 25.0. The SMILES string of the molecule is C=C/C(F)=C\C(Nc1ccc(F)c(-c2cn3cc(CC)c(C(=C)Nc4cc(C(C)=O)ccc4C)c3cn2)c1F)=C(/C)CC. The van der Waals surface area contributed by atoms with E-state index >= 15 is 8.78 Å². The molecule has 0 unspecified atom stereocenters. The third kappa shape index (κ3) is 6.48. The molecular formula is C35H35F3N4O. The lowest BCUT2D eigenvalue weighted by molar-refractivity contribution is 0.101. The van der Waals surface area contributed by atoms with Crippen molar-refractivity contribution in [1.29, 1.82) is 0 Å². The summed E-state index contributed by atoms with van der Waals surface area (Å²) in [5.41, 5.74) is 6.25. The van der Waals surface area contributed by atoms with E-state index in [0.29, 0.717) is 35.3 Å². The van der Waals surface area contributed by atoms with Gasteiger partial charge in [0.05, 0.1) is 28.7 Å². The lowest BCUT2D eigenvalue weighted by atomic mass is 10.0. The average Bonchev–Trinajstić information content (AvgIpc) is 3.36. The molecule has 222 valence electrons. The summed E-state index contributed by atoms with van der Waals surface area (Å²) in [7, 11) is 0. The zero-order valence-electron chi connectivity index (χ0n) is 25.0. The molecule has 2 N–H and O–H groups in total. The van der Waals surface area contributed by atoms with Crippen molar-refractivity contribution in [2.75, 3.05) is 10.6 Å². The number of hydrogen-bond donors (Lipinski definition) is 2. The first-order chi connectivity index (χ1) is 20.5. The van der Waals surface area contributed by atoms with Crippen molar-refractivity contribution >= 4 is 28.4 Å². The van der Waals surface area contributed by atoms with Gasteiger partial charge in [-0.3, -0.25) is 9.78 Å². The Bertz CT molecular complexity index is 1810. The van der Waals surface area contributed by atoms with Gasteiger partial charge < -0.3 is 15.0 Å². The van der Waals surface area contributed by atoms with Gasteiger partial charge >= 0.3 is 0 Å². The fourth-order valence-electron chi connectivity index (χ4n) is 4.76. The van der Waals surface area contributed by atoms with Crippen LogP contribution in [0.3, 0.4) is 0 Å². The first-order valence-electron chi connectivity index (χ1n) is 14.0. The summed E-state index contributed by atoms with van der Waals surface area (Å²) < 4.78 is 46.8. The Balaban J connectivity index is 1.76. The van der Waals surface area contributed by atoms with Crippen LogP contribution in [0.25, 0.3) is 22.5 Å². The molecule has 0 amide bonds. The van der Waals surface area contributed by atoms with Crippen molar-refractivity contribution in [2.24, 2.45) is 0 Å². The normalized spacial score (nSPS) is 12.2. The third-order valence-electron chi connectivity index (χ3n) is 7.43. The van der Waals surface area contributed by atoms with Crippen LogP contribution < -0.4 is 10.6 Å². The van der Waals surface area contributed by atoms with Gasteiger partial charge in [-0.15, -0.1) is 0 Å². The molecule has 0 fully saturated rings. The molecule has 2 aromatic carbocycles. The van der Waals surface area contributed by atoms with Gasteiger partial charge in [-0.25, -0.2) is 13.2 Å². The van der Waals surface area contributed by atoms with E-state index in [0.717, 1.165) is 40.1 Å². The summed E-state index contributed by atoms with van der Waals surface area (Å²) >= 11 is 0. The molecule has 0 atom stereocenters. The second kappa shape index (κ2) is 13.0. The fraction of sp³-hybridized carbons (Fsp3) is 0.200. The van der Waals surface area contributed by atoms with E-state index in [9.17, 15) is 9.18 Å². The van der Waals surface area contributed by atoms with E-state index in [1.807, 2.05) is 33.0 Å². The Labute approximate surface area is 250 Å². The Hall–Kier alpha value is -4.85. The Morgan fingerprint density at radius 3 is 2.47 bits per heavy atom. The molecule has 4 rings (SSSR count). The van der Waals surface area contributed by atoms with Crippen LogP contribution >= 0.6 is 0 Å². The largest absolute Gasteiger partial charge is 0.355 e. The number of Topliss-reactive ketones (excluding diaryl/α,β-unsaturated/α-hetero) is 1. The molecular weight excluding hydrogens is 549 g/mol. The molecule has 8 heteroatoms. The van der Waals surface area contributed by atoms with E-state index in [-0.39, 0.29) is 22.7 Å². The van der Waals surface area contributed by atoms with Crippen LogP contribution in [0.1, 0.15) is 61.2 Å². The number of nitrogens with zero attached hydrogens (tertiary/aromatic N) is 2. The van der Waals surface area contributed by atoms with Gasteiger partial charge in [0.2, 0.25) is 0 Å². The minimum absolute atomic E-state index is 0.0163. The predicted octanol–water partition coefficient (Wildman–Crippen LogP) is 9.57. The fourth-order valence-corrected chi connectivity index (χ4v) is 4.76. The van der Waals surface area contributed by atoms with Crippen LogP contribution in [-0.2, 0) is 6.42 Å². The van der Waals surface area contributed by atoms with E-state index < -0.39 is 17.5 Å². The second-order valence-electron chi connectivity index (χ2n) is 10.3. The quantitative estimate of drug-likeness (QED) is 0.136. The van der Waals surface area contributed by atoms with E-state index in [2.05, 4.69) is 28.8 Å². The Morgan fingerprint density at radius 2 is 1.81 bits per heavy atom. The minimum Gasteiger partial charge on any atom is -0.355 e. The van der Waals surface area contributed by atoms with Gasteiger partial charge in [-0.1, -0.05) is 39.1 Å². The summed E-state index contributed by atoms with van der Waals surface area (Å²) in [5.74, 6) is -2.26. The molecule has 0 saturated heterocycles. The molecule has 0 bridgehead atoms. The van der Waals surface area contributed by atoms with Crippen LogP contribution in [0, 0.1) is 18.6 Å². The molecule has 0 aliphatic rings. The highest BCUT2D eigenvalue weighted by Gasteiger charge is 2.20. The highest BCUT2D eigenvalue weighted by molar-refractivity contribution is 5.96. The van der Waals surface area contributed by atoms with Crippen LogP contribution in [-0.4, -0.2) is 15.2 Å². The monoisotopic (exact) mass is 584 g/mol. The summed E-state index contributed by atoms with van der Waals surface area (Å²) in [6, 6.07) is 7.88. The number of anilines is 2. The van der Waals surface area contributed by atoms with Crippen molar-refractivity contribution in [3.8, 4) is 11.3 Å². The number of aryl methyl sites for hydroxylation is 2. The maximum absolute atomic E-state index is 15.9. The standard InChI is InChI=1S/C35H35F3N4O/c1-8-20(4)30(16-26(36)10-3)41-28-14-13-27(37)34(35(28)38)31-19-42-18-24(9-2)33(32(42)17-39-31)22(6)40-29-15-25(23(7)43)12-11-21(29)5/h10-19,40-41H,3,6,8-9H2,1-2,4-5,7H3/b26-16+,30-20-. The molecule has 0 saturated carbocycles. The number of allylic oxidation sites excluding steroid dienone is 4. The van der Waals surface area contributed by atoms with Crippen molar-refractivity contribution in [3.05, 3.63) is 125 Å². The van der Waals surface area contributed by atoms with Crippen LogP contribution in [0.5, 0.6) is 0 Å². The van der Waals surface area contributed by atoms with Gasteiger partial charge in [-0.05, 0) is 80.7 Å². The lowest BCUT2D eigenvalue weighted by Gasteiger charge is -2.15. The molecule has 43 heavy (non-hydrogen) atoms. The number of aromatic nitrogens is 2. The number of fused-ring (bicyclic) bond motifs is 1.